The van der Waals surface area contributed by atoms with Gasteiger partial charge in [-0.1, -0.05) is 36.9 Å². The molecule has 2 aliphatic rings. The van der Waals surface area contributed by atoms with Gasteiger partial charge in [0.05, 0.1) is 4.90 Å². The van der Waals surface area contributed by atoms with E-state index in [-0.39, 0.29) is 22.8 Å². The zero-order valence-electron chi connectivity index (χ0n) is 19.9. The van der Waals surface area contributed by atoms with E-state index in [1.54, 1.807) is 16.4 Å². The number of hydrogen-bond donors (Lipinski definition) is 2. The van der Waals surface area contributed by atoms with Crippen LogP contribution in [0.25, 0.3) is 0 Å². The van der Waals surface area contributed by atoms with Crippen molar-refractivity contribution in [2.75, 3.05) is 13.1 Å². The van der Waals surface area contributed by atoms with Crippen molar-refractivity contribution in [2.45, 2.75) is 61.4 Å². The number of hydrogen-bond acceptors (Lipinski definition) is 4. The topological polar surface area (TPSA) is 95.6 Å². The van der Waals surface area contributed by atoms with Gasteiger partial charge in [-0.3, -0.25) is 9.59 Å². The number of carbonyl (C=O) groups excluding carboxylic acids is 2. The van der Waals surface area contributed by atoms with Crippen LogP contribution in [0.1, 0.15) is 54.4 Å². The number of sulfonamides is 1. The van der Waals surface area contributed by atoms with Crippen LogP contribution >= 0.6 is 0 Å². The first kappa shape index (κ1) is 25.1. The molecule has 0 radical (unpaired) electrons. The molecule has 1 saturated carbocycles. The molecule has 1 saturated heterocycles. The molecule has 8 heteroatoms. The van der Waals surface area contributed by atoms with Crippen LogP contribution in [0.2, 0.25) is 0 Å². The molecule has 1 heterocycles. The van der Waals surface area contributed by atoms with Crippen molar-refractivity contribution in [3.8, 4) is 0 Å². The maximum Gasteiger partial charge on any atom is 0.251 e. The number of piperidine rings is 1. The number of rotatable bonds is 9. The number of nitrogens with one attached hydrogen (secondary N) is 2. The summed E-state index contributed by atoms with van der Waals surface area (Å²) in [6.45, 7) is 4.40. The van der Waals surface area contributed by atoms with Crippen molar-refractivity contribution in [1.29, 1.82) is 0 Å². The van der Waals surface area contributed by atoms with Crippen LogP contribution in [0.15, 0.2) is 72.1 Å². The molecular weight excluding hydrogens is 462 g/mol. The van der Waals surface area contributed by atoms with Gasteiger partial charge in [0, 0.05) is 30.2 Å². The first-order valence-corrected chi connectivity index (χ1v) is 13.7. The zero-order chi connectivity index (χ0) is 24.9. The summed E-state index contributed by atoms with van der Waals surface area (Å²) in [5.74, 6) is -0.439. The Balaban J connectivity index is 1.36. The van der Waals surface area contributed by atoms with E-state index in [0.717, 1.165) is 32.1 Å². The molecule has 1 aliphatic carbocycles. The van der Waals surface area contributed by atoms with Crippen molar-refractivity contribution >= 4 is 21.8 Å². The Morgan fingerprint density at radius 1 is 1.09 bits per heavy atom. The van der Waals surface area contributed by atoms with Crippen LogP contribution in [0.4, 0.5) is 0 Å². The third-order valence-corrected chi connectivity index (χ3v) is 9.15. The lowest BCUT2D eigenvalue weighted by Crippen LogP contribution is -2.63. The molecule has 1 atom stereocenters. The van der Waals surface area contributed by atoms with Gasteiger partial charge in [-0.05, 0) is 80.9 Å². The highest BCUT2D eigenvalue weighted by Crippen LogP contribution is 2.46. The van der Waals surface area contributed by atoms with Gasteiger partial charge in [0.15, 0.2) is 0 Å². The molecule has 2 fully saturated rings. The molecule has 35 heavy (non-hydrogen) atoms. The maximum atomic E-state index is 13.5. The maximum absolute atomic E-state index is 13.5. The average Bonchev–Trinajstić information content (AvgIpc) is 2.86. The molecule has 1 aliphatic heterocycles. The molecular formula is C27H33N3O4S. The molecule has 4 rings (SSSR count). The first-order valence-electron chi connectivity index (χ1n) is 12.2. The van der Waals surface area contributed by atoms with E-state index in [1.807, 2.05) is 18.2 Å². The van der Waals surface area contributed by atoms with Crippen LogP contribution in [-0.2, 0) is 21.2 Å². The summed E-state index contributed by atoms with van der Waals surface area (Å²) < 4.78 is 28.7. The summed E-state index contributed by atoms with van der Waals surface area (Å²) in [6, 6.07) is 16.2. The van der Waals surface area contributed by atoms with Gasteiger partial charge in [-0.25, -0.2) is 8.42 Å². The number of benzene rings is 2. The summed E-state index contributed by atoms with van der Waals surface area (Å²) in [4.78, 5) is 24.4. The summed E-state index contributed by atoms with van der Waals surface area (Å²) in [7, 11) is -3.71. The van der Waals surface area contributed by atoms with Gasteiger partial charge in [0.2, 0.25) is 15.9 Å². The van der Waals surface area contributed by atoms with Crippen LogP contribution in [0, 0.1) is 0 Å². The van der Waals surface area contributed by atoms with Crippen molar-refractivity contribution in [1.82, 2.24) is 14.9 Å². The lowest BCUT2D eigenvalue weighted by atomic mass is 9.70. The molecule has 1 spiro atoms. The molecule has 2 N–H and O–H groups in total. The van der Waals surface area contributed by atoms with Crippen molar-refractivity contribution in [3.05, 3.63) is 78.4 Å². The lowest BCUT2D eigenvalue weighted by molar-refractivity contribution is -0.117. The highest BCUT2D eigenvalue weighted by Gasteiger charge is 2.51. The first-order chi connectivity index (χ1) is 16.8. The molecule has 0 aromatic heterocycles. The third-order valence-electron chi connectivity index (χ3n) is 7.13. The van der Waals surface area contributed by atoms with Crippen LogP contribution in [0.5, 0.6) is 0 Å². The quantitative estimate of drug-likeness (QED) is 0.412. The summed E-state index contributed by atoms with van der Waals surface area (Å²) >= 11 is 0. The van der Waals surface area contributed by atoms with Crippen molar-refractivity contribution in [2.24, 2.45) is 0 Å². The number of nitrogens with zero attached hydrogens (tertiary/aromatic N) is 1. The molecule has 1 unspecified atom stereocenters. The molecule has 2 amide bonds. The SMILES string of the molecule is C=CC(=O)NC1CCN(S(=O)(=O)c2ccc(C(=O)NCCCc3ccccc3)cc2)C2(CCC2)C1. The molecule has 2 aromatic carbocycles. The van der Waals surface area contributed by atoms with E-state index in [9.17, 15) is 18.0 Å². The number of aryl methyl sites for hydroxylation is 1. The van der Waals surface area contributed by atoms with Crippen molar-refractivity contribution in [3.63, 3.8) is 0 Å². The standard InChI is InChI=1S/C27H33N3O4S/c1-2-25(31)29-23-15-19-30(27(20-23)16-7-17-27)35(33,34)24-13-11-22(12-14-24)26(32)28-18-6-10-21-8-4-3-5-9-21/h2-5,8-9,11-14,23H,1,6-7,10,15-20H2,(H,28,32)(H,29,31). The number of amides is 2. The highest BCUT2D eigenvalue weighted by atomic mass is 32.2. The second-order valence-electron chi connectivity index (χ2n) is 9.43. The van der Waals surface area contributed by atoms with Gasteiger partial charge in [0.25, 0.3) is 5.91 Å². The largest absolute Gasteiger partial charge is 0.352 e. The predicted octanol–water partition coefficient (Wildman–Crippen LogP) is 3.43. The molecule has 2 aromatic rings. The lowest BCUT2D eigenvalue weighted by Gasteiger charge is -2.54. The Morgan fingerprint density at radius 3 is 2.43 bits per heavy atom. The Kier molecular flexibility index (Phi) is 7.72. The second kappa shape index (κ2) is 10.7. The highest BCUT2D eigenvalue weighted by molar-refractivity contribution is 7.89. The molecule has 0 bridgehead atoms. The fourth-order valence-corrected chi connectivity index (χ4v) is 6.96. The number of carbonyl (C=O) groups is 2. The third kappa shape index (κ3) is 5.65. The predicted molar refractivity (Wildman–Crippen MR) is 135 cm³/mol. The Hall–Kier alpha value is -2.97. The van der Waals surface area contributed by atoms with Crippen LogP contribution < -0.4 is 10.6 Å². The fourth-order valence-electron chi connectivity index (χ4n) is 5.12. The minimum Gasteiger partial charge on any atom is -0.352 e. The summed E-state index contributed by atoms with van der Waals surface area (Å²) in [5, 5.41) is 5.84. The Bertz CT molecular complexity index is 1160. The van der Waals surface area contributed by atoms with E-state index >= 15 is 0 Å². The summed E-state index contributed by atoms with van der Waals surface area (Å²) in [5.41, 5.74) is 1.21. The zero-order valence-corrected chi connectivity index (χ0v) is 20.7. The van der Waals surface area contributed by atoms with Crippen LogP contribution in [-0.4, -0.2) is 49.2 Å². The normalized spacial score (nSPS) is 19.5. The minimum absolute atomic E-state index is 0.0554. The molecule has 7 nitrogen and oxygen atoms in total. The average molecular weight is 496 g/mol. The monoisotopic (exact) mass is 495 g/mol. The van der Waals surface area contributed by atoms with Gasteiger partial charge >= 0.3 is 0 Å². The second-order valence-corrected chi connectivity index (χ2v) is 11.3. The van der Waals surface area contributed by atoms with Crippen LogP contribution in [0.3, 0.4) is 0 Å². The van der Waals surface area contributed by atoms with Gasteiger partial charge in [0.1, 0.15) is 0 Å². The molecule has 186 valence electrons. The summed E-state index contributed by atoms with van der Waals surface area (Å²) in [6.07, 6.45) is 6.67. The van der Waals surface area contributed by atoms with E-state index < -0.39 is 15.6 Å². The fraction of sp³-hybridized carbons (Fsp3) is 0.407. The van der Waals surface area contributed by atoms with Gasteiger partial charge < -0.3 is 10.6 Å². The smallest absolute Gasteiger partial charge is 0.251 e. The van der Waals surface area contributed by atoms with Gasteiger partial charge in [-0.2, -0.15) is 4.31 Å². The van der Waals surface area contributed by atoms with Crippen molar-refractivity contribution < 1.29 is 18.0 Å². The minimum atomic E-state index is -3.71. The Labute approximate surface area is 207 Å². The Morgan fingerprint density at radius 2 is 1.80 bits per heavy atom. The van der Waals surface area contributed by atoms with E-state index in [1.165, 1.54) is 23.8 Å². The van der Waals surface area contributed by atoms with E-state index in [0.29, 0.717) is 31.5 Å². The van der Waals surface area contributed by atoms with Gasteiger partial charge in [-0.15, -0.1) is 0 Å². The van der Waals surface area contributed by atoms with E-state index in [2.05, 4.69) is 29.3 Å². The van der Waals surface area contributed by atoms with E-state index in [4.69, 9.17) is 0 Å².